The lowest BCUT2D eigenvalue weighted by molar-refractivity contribution is -0.234. The highest BCUT2D eigenvalue weighted by Crippen LogP contribution is 2.34. The zero-order valence-corrected chi connectivity index (χ0v) is 15.4. The second-order valence-corrected chi connectivity index (χ2v) is 7.04. The molecule has 0 amide bonds. The summed E-state index contributed by atoms with van der Waals surface area (Å²) in [4.78, 5) is 0. The number of hydrogen-bond acceptors (Lipinski definition) is 5. The average Bonchev–Trinajstić information content (AvgIpc) is 2.53. The van der Waals surface area contributed by atoms with E-state index in [4.69, 9.17) is 4.74 Å². The van der Waals surface area contributed by atoms with E-state index < -0.39 is 23.4 Å². The number of hydrogen-bond donors (Lipinski definition) is 4. The van der Waals surface area contributed by atoms with Crippen LogP contribution in [0.3, 0.4) is 0 Å². The van der Waals surface area contributed by atoms with Gasteiger partial charge in [-0.05, 0) is 26.7 Å². The van der Waals surface area contributed by atoms with Crippen molar-refractivity contribution in [2.75, 3.05) is 13.2 Å². The van der Waals surface area contributed by atoms with Crippen molar-refractivity contribution in [3.8, 4) is 0 Å². The molecule has 0 aliphatic rings. The van der Waals surface area contributed by atoms with Crippen molar-refractivity contribution in [2.24, 2.45) is 0 Å². The molecule has 0 saturated heterocycles. The predicted octanol–water partition coefficient (Wildman–Crippen LogP) is 2.39. The van der Waals surface area contributed by atoms with Gasteiger partial charge in [0, 0.05) is 0 Å². The highest BCUT2D eigenvalue weighted by Gasteiger charge is 2.43. The van der Waals surface area contributed by atoms with Crippen molar-refractivity contribution < 1.29 is 25.2 Å². The standard InChI is InChI=1S/C18H38O5/c1-5-7-9-11-17(3,15(21)13-19)23-18(4,16(22)14-20)12-10-8-6-2/h15-16,19-22H,5-14H2,1-4H3. The lowest BCUT2D eigenvalue weighted by Crippen LogP contribution is -2.55. The van der Waals surface area contributed by atoms with E-state index in [-0.39, 0.29) is 13.2 Å². The molecule has 0 rings (SSSR count). The minimum atomic E-state index is -1.02. The fourth-order valence-corrected chi connectivity index (χ4v) is 2.94. The van der Waals surface area contributed by atoms with Gasteiger partial charge in [-0.25, -0.2) is 0 Å². The Morgan fingerprint density at radius 3 is 1.35 bits per heavy atom. The minimum Gasteiger partial charge on any atom is -0.394 e. The van der Waals surface area contributed by atoms with E-state index in [1.54, 1.807) is 13.8 Å². The van der Waals surface area contributed by atoms with Gasteiger partial charge < -0.3 is 25.2 Å². The largest absolute Gasteiger partial charge is 0.394 e. The number of aliphatic hydroxyl groups is 4. The first-order valence-corrected chi connectivity index (χ1v) is 9.07. The lowest BCUT2D eigenvalue weighted by atomic mass is 9.87. The van der Waals surface area contributed by atoms with E-state index in [0.29, 0.717) is 12.8 Å². The topological polar surface area (TPSA) is 90.2 Å². The molecule has 4 unspecified atom stereocenters. The fraction of sp³-hybridized carbons (Fsp3) is 1.00. The molecule has 4 atom stereocenters. The van der Waals surface area contributed by atoms with Crippen molar-refractivity contribution >= 4 is 0 Å². The van der Waals surface area contributed by atoms with E-state index >= 15 is 0 Å². The molecule has 0 aromatic rings. The number of rotatable bonds is 14. The van der Waals surface area contributed by atoms with Crippen LogP contribution in [0.5, 0.6) is 0 Å². The Morgan fingerprint density at radius 2 is 1.09 bits per heavy atom. The summed E-state index contributed by atoms with van der Waals surface area (Å²) in [6.07, 6.45) is 5.07. The molecule has 0 bridgehead atoms. The van der Waals surface area contributed by atoms with Crippen LogP contribution in [0, 0.1) is 0 Å². The first-order chi connectivity index (χ1) is 10.8. The van der Waals surface area contributed by atoms with Crippen LogP contribution >= 0.6 is 0 Å². The van der Waals surface area contributed by atoms with Gasteiger partial charge in [0.25, 0.3) is 0 Å². The number of ether oxygens (including phenoxy) is 1. The van der Waals surface area contributed by atoms with Gasteiger partial charge in [-0.2, -0.15) is 0 Å². The summed E-state index contributed by atoms with van der Waals surface area (Å²) in [5.74, 6) is 0. The van der Waals surface area contributed by atoms with Crippen molar-refractivity contribution in [1.29, 1.82) is 0 Å². The van der Waals surface area contributed by atoms with Crippen LogP contribution < -0.4 is 0 Å². The van der Waals surface area contributed by atoms with E-state index in [1.165, 1.54) is 0 Å². The zero-order valence-electron chi connectivity index (χ0n) is 15.4. The molecule has 23 heavy (non-hydrogen) atoms. The van der Waals surface area contributed by atoms with Crippen LogP contribution in [0.15, 0.2) is 0 Å². The second-order valence-electron chi connectivity index (χ2n) is 7.04. The predicted molar refractivity (Wildman–Crippen MR) is 92.4 cm³/mol. The number of unbranched alkanes of at least 4 members (excludes halogenated alkanes) is 4. The Bertz CT molecular complexity index is 271. The smallest absolute Gasteiger partial charge is 0.106 e. The molecule has 0 radical (unpaired) electrons. The van der Waals surface area contributed by atoms with Crippen molar-refractivity contribution in [3.63, 3.8) is 0 Å². The molecule has 4 N–H and O–H groups in total. The summed E-state index contributed by atoms with van der Waals surface area (Å²) in [6.45, 7) is 7.00. The summed E-state index contributed by atoms with van der Waals surface area (Å²) in [6, 6.07) is 0. The van der Waals surface area contributed by atoms with Crippen molar-refractivity contribution in [3.05, 3.63) is 0 Å². The highest BCUT2D eigenvalue weighted by atomic mass is 16.5. The van der Waals surface area contributed by atoms with Crippen LogP contribution in [0.1, 0.15) is 79.1 Å². The third kappa shape index (κ3) is 7.48. The molecular weight excluding hydrogens is 296 g/mol. The molecule has 0 aliphatic heterocycles. The maximum atomic E-state index is 10.2. The summed E-state index contributed by atoms with van der Waals surface area (Å²) in [5.41, 5.74) is -1.89. The van der Waals surface area contributed by atoms with E-state index in [9.17, 15) is 20.4 Å². The number of aliphatic hydroxyl groups excluding tert-OH is 4. The van der Waals surface area contributed by atoms with Gasteiger partial charge in [0.05, 0.1) is 24.4 Å². The van der Waals surface area contributed by atoms with E-state index in [0.717, 1.165) is 38.5 Å². The fourth-order valence-electron chi connectivity index (χ4n) is 2.94. The molecule has 0 fully saturated rings. The molecule has 0 aromatic heterocycles. The molecule has 0 aliphatic carbocycles. The molecule has 140 valence electrons. The molecule has 0 aromatic carbocycles. The Kier molecular flexibility index (Phi) is 11.3. The molecule has 0 saturated carbocycles. The second kappa shape index (κ2) is 11.4. The Labute approximate surface area is 141 Å². The molecule has 5 nitrogen and oxygen atoms in total. The van der Waals surface area contributed by atoms with Crippen LogP contribution in [0.25, 0.3) is 0 Å². The van der Waals surface area contributed by atoms with Crippen LogP contribution in [-0.2, 0) is 4.74 Å². The van der Waals surface area contributed by atoms with Gasteiger partial charge in [0.15, 0.2) is 0 Å². The van der Waals surface area contributed by atoms with E-state index in [2.05, 4.69) is 13.8 Å². The summed E-state index contributed by atoms with van der Waals surface area (Å²) < 4.78 is 6.20. The third-order valence-corrected chi connectivity index (χ3v) is 4.78. The van der Waals surface area contributed by atoms with Crippen molar-refractivity contribution in [2.45, 2.75) is 102 Å². The molecule has 0 spiro atoms. The SMILES string of the molecule is CCCCCC(C)(OC(C)(CCCCC)C(O)CO)C(O)CO. The molecule has 0 heterocycles. The first kappa shape index (κ1) is 22.8. The lowest BCUT2D eigenvalue weighted by Gasteiger charge is -2.44. The normalized spacial score (nSPS) is 19.8. The van der Waals surface area contributed by atoms with E-state index in [1.807, 2.05) is 0 Å². The zero-order chi connectivity index (χ0) is 17.9. The Hall–Kier alpha value is -0.200. The monoisotopic (exact) mass is 334 g/mol. The summed E-state index contributed by atoms with van der Waals surface area (Å²) in [7, 11) is 0. The van der Waals surface area contributed by atoms with Gasteiger partial charge in [-0.15, -0.1) is 0 Å². The van der Waals surface area contributed by atoms with Crippen LogP contribution in [0.2, 0.25) is 0 Å². The summed E-state index contributed by atoms with van der Waals surface area (Å²) >= 11 is 0. The van der Waals surface area contributed by atoms with Crippen LogP contribution in [0.4, 0.5) is 0 Å². The quantitative estimate of drug-likeness (QED) is 0.366. The maximum absolute atomic E-state index is 10.2. The average molecular weight is 334 g/mol. The minimum absolute atomic E-state index is 0.386. The Morgan fingerprint density at radius 1 is 0.739 bits per heavy atom. The first-order valence-electron chi connectivity index (χ1n) is 9.07. The van der Waals surface area contributed by atoms with Crippen molar-refractivity contribution in [1.82, 2.24) is 0 Å². The highest BCUT2D eigenvalue weighted by molar-refractivity contribution is 4.92. The van der Waals surface area contributed by atoms with Gasteiger partial charge in [-0.3, -0.25) is 0 Å². The summed E-state index contributed by atoms with van der Waals surface area (Å²) in [5, 5.41) is 39.3. The maximum Gasteiger partial charge on any atom is 0.106 e. The van der Waals surface area contributed by atoms with Gasteiger partial charge >= 0.3 is 0 Å². The van der Waals surface area contributed by atoms with Gasteiger partial charge in [0.2, 0.25) is 0 Å². The molecular formula is C18H38O5. The van der Waals surface area contributed by atoms with Gasteiger partial charge in [-0.1, -0.05) is 52.4 Å². The van der Waals surface area contributed by atoms with Crippen LogP contribution in [-0.4, -0.2) is 57.0 Å². The van der Waals surface area contributed by atoms with Gasteiger partial charge in [0.1, 0.15) is 12.2 Å². The molecule has 5 heteroatoms. The Balaban J connectivity index is 5.15. The third-order valence-electron chi connectivity index (χ3n) is 4.78.